The number of ether oxygens (including phenoxy) is 12. The highest BCUT2D eigenvalue weighted by Crippen LogP contribution is 2.39. The maximum Gasteiger partial charge on any atom is 0.306 e. The van der Waals surface area contributed by atoms with Gasteiger partial charge < -0.3 is 113 Å². The molecule has 0 aromatic carbocycles. The molecule has 11 N–H and O–H groups in total. The van der Waals surface area contributed by atoms with E-state index in [1.807, 2.05) is 0 Å². The molecule has 0 unspecified atom stereocenters. The molecule has 472 valence electrons. The number of esters is 2. The number of aliphatic hydroxyl groups excluding tert-OH is 11. The minimum absolute atomic E-state index is 0.0548. The van der Waals surface area contributed by atoms with Gasteiger partial charge in [-0.25, -0.2) is 0 Å². The summed E-state index contributed by atoms with van der Waals surface area (Å²) in [4.78, 5) is 27.9. The largest absolute Gasteiger partial charge is 0.454 e. The highest BCUT2D eigenvalue weighted by molar-refractivity contribution is 5.70. The molecule has 25 nitrogen and oxygen atoms in total. The SMILES string of the molecule is CCCCCCCCCC(=O)O[C@H]1[C@H](O[C@@H]2[C@@H](O)[C@H]3OC(=O)CCCCCCCCC[C@H](CCCCC)O[C@@H]4O[C@H](CO)[C@@H](O)[C@H](O)[C@H]4O[C@@H]3O[C@H]2C)O[C@@H](C)[C@H](O[C@@H]2O[C@@H](C)[C@H](O)[C@@H](O)[C@H]2O)[C@H]1O[C@@H]1O[C@H](CO)[C@@H](O)[C@H](O)[C@H]1O. The van der Waals surface area contributed by atoms with Gasteiger partial charge in [0, 0.05) is 12.8 Å². The van der Waals surface area contributed by atoms with Crippen molar-refractivity contribution in [3.63, 3.8) is 0 Å². The molecule has 0 aromatic rings. The van der Waals surface area contributed by atoms with Gasteiger partial charge in [0.15, 0.2) is 43.7 Å². The van der Waals surface area contributed by atoms with Gasteiger partial charge in [-0.3, -0.25) is 9.59 Å². The summed E-state index contributed by atoms with van der Waals surface area (Å²) >= 11 is 0. The third-order valence-corrected chi connectivity index (χ3v) is 16.5. The molecule has 0 aromatic heterocycles. The summed E-state index contributed by atoms with van der Waals surface area (Å²) in [5.74, 6) is -1.52. The minimum atomic E-state index is -2.00. The van der Waals surface area contributed by atoms with Gasteiger partial charge in [0.1, 0.15) is 91.6 Å². The molecule has 6 heterocycles. The number of hydrogen-bond acceptors (Lipinski definition) is 25. The van der Waals surface area contributed by atoms with E-state index in [1.54, 1.807) is 0 Å². The molecule has 0 bridgehead atoms. The standard InChI is InChI=1S/C56H98O25/c1-6-8-10-11-13-17-22-26-36(60)77-51-50(81-53-44(68)41(65)38(62)33(27-57)74-53)47(79-52-43(67)40(64)37(61)29(3)70-52)31(5)72-56(51)78-46-30(4)71-54-49(45(46)69)76-35(59)25-21-18-15-12-14-16-20-24-32(23-19-9-7-2)73-55-48(80-54)42(66)39(63)34(28-58)75-55/h29-34,37-58,61-69H,6-28H2,1-5H3/t29-,30-,31-,32-,33+,34+,37-,38+,39+,40+,41-,42-,43+,44+,45+,46-,47-,48+,49+,50+,51+,52-,53-,54-,55+,56-/m0/s1. The molecule has 0 saturated carbocycles. The second-order valence-electron chi connectivity index (χ2n) is 22.9. The first-order chi connectivity index (χ1) is 38.8. The highest BCUT2D eigenvalue weighted by Gasteiger charge is 2.58. The van der Waals surface area contributed by atoms with Gasteiger partial charge in [-0.1, -0.05) is 110 Å². The first-order valence-corrected chi connectivity index (χ1v) is 30.1. The van der Waals surface area contributed by atoms with Crippen LogP contribution in [0.5, 0.6) is 0 Å². The smallest absolute Gasteiger partial charge is 0.306 e. The van der Waals surface area contributed by atoms with E-state index < -0.39 is 179 Å². The maximum atomic E-state index is 14.1. The van der Waals surface area contributed by atoms with Crippen molar-refractivity contribution in [2.75, 3.05) is 13.2 Å². The molecule has 6 aliphatic heterocycles. The second-order valence-corrected chi connectivity index (χ2v) is 22.9. The van der Waals surface area contributed by atoms with E-state index in [0.717, 1.165) is 89.9 Å². The number of fused-ring (bicyclic) bond motifs is 2. The van der Waals surface area contributed by atoms with Crippen LogP contribution < -0.4 is 0 Å². The van der Waals surface area contributed by atoms with Gasteiger partial charge in [-0.2, -0.15) is 0 Å². The summed E-state index contributed by atoms with van der Waals surface area (Å²) in [6.07, 6.45) is -25.5. The van der Waals surface area contributed by atoms with Crippen molar-refractivity contribution in [1.29, 1.82) is 0 Å². The lowest BCUT2D eigenvalue weighted by atomic mass is 9.95. The van der Waals surface area contributed by atoms with E-state index in [1.165, 1.54) is 20.8 Å². The second kappa shape index (κ2) is 33.9. The lowest BCUT2D eigenvalue weighted by Gasteiger charge is -2.51. The van der Waals surface area contributed by atoms with Crippen molar-refractivity contribution in [1.82, 2.24) is 0 Å². The molecular formula is C56H98O25. The monoisotopic (exact) mass is 1170 g/mol. The number of unbranched alkanes of at least 4 members (excludes halogenated alkanes) is 8. The fourth-order valence-electron chi connectivity index (χ4n) is 11.5. The van der Waals surface area contributed by atoms with Crippen LogP contribution in [0.25, 0.3) is 0 Å². The molecule has 81 heavy (non-hydrogen) atoms. The van der Waals surface area contributed by atoms with Crippen LogP contribution >= 0.6 is 0 Å². The van der Waals surface area contributed by atoms with Gasteiger partial charge in [0.2, 0.25) is 0 Å². The van der Waals surface area contributed by atoms with Crippen LogP contribution in [0.4, 0.5) is 0 Å². The summed E-state index contributed by atoms with van der Waals surface area (Å²) in [7, 11) is 0. The fourth-order valence-corrected chi connectivity index (χ4v) is 11.5. The normalized spacial score (nSPS) is 43.5. The number of carbonyl (C=O) groups is 2. The summed E-state index contributed by atoms with van der Waals surface area (Å²) < 4.78 is 75.2. The van der Waals surface area contributed by atoms with Crippen molar-refractivity contribution < 1.29 is 123 Å². The lowest BCUT2D eigenvalue weighted by Crippen LogP contribution is -2.68. The van der Waals surface area contributed by atoms with E-state index in [4.69, 9.17) is 56.8 Å². The molecule has 0 radical (unpaired) electrons. The zero-order chi connectivity index (χ0) is 58.9. The number of hydrogen-bond donors (Lipinski definition) is 11. The van der Waals surface area contributed by atoms with E-state index in [2.05, 4.69) is 13.8 Å². The Bertz CT molecular complexity index is 1800. The Morgan fingerprint density at radius 2 is 1.00 bits per heavy atom. The van der Waals surface area contributed by atoms with Gasteiger partial charge in [0.25, 0.3) is 0 Å². The van der Waals surface area contributed by atoms with E-state index in [-0.39, 0.29) is 18.9 Å². The van der Waals surface area contributed by atoms with Crippen molar-refractivity contribution in [2.24, 2.45) is 0 Å². The van der Waals surface area contributed by atoms with E-state index in [0.29, 0.717) is 32.1 Å². The zero-order valence-corrected chi connectivity index (χ0v) is 47.9. The Morgan fingerprint density at radius 1 is 0.469 bits per heavy atom. The van der Waals surface area contributed by atoms with Crippen LogP contribution in [0.1, 0.15) is 169 Å². The first-order valence-electron chi connectivity index (χ1n) is 30.1. The Labute approximate surface area is 475 Å². The third-order valence-electron chi connectivity index (χ3n) is 16.5. The van der Waals surface area contributed by atoms with Crippen LogP contribution in [-0.4, -0.2) is 241 Å². The third kappa shape index (κ3) is 18.6. The molecule has 0 amide bonds. The Kier molecular flexibility index (Phi) is 28.5. The van der Waals surface area contributed by atoms with Crippen LogP contribution in [0, 0.1) is 0 Å². The quantitative estimate of drug-likeness (QED) is 0.0562. The van der Waals surface area contributed by atoms with E-state index >= 15 is 0 Å². The summed E-state index contributed by atoms with van der Waals surface area (Å²) in [6.45, 7) is 7.08. The lowest BCUT2D eigenvalue weighted by molar-refractivity contribution is -0.400. The van der Waals surface area contributed by atoms with Crippen molar-refractivity contribution in [2.45, 2.75) is 329 Å². The number of aliphatic hydroxyl groups is 11. The predicted octanol–water partition coefficient (Wildman–Crippen LogP) is 0.898. The van der Waals surface area contributed by atoms with Gasteiger partial charge in [0.05, 0.1) is 37.6 Å². The average molecular weight is 1170 g/mol. The Balaban J connectivity index is 1.35. The van der Waals surface area contributed by atoms with Crippen molar-refractivity contribution in [3.05, 3.63) is 0 Å². The Morgan fingerprint density at radius 3 is 1.68 bits per heavy atom. The first kappa shape index (κ1) is 68.2. The van der Waals surface area contributed by atoms with Gasteiger partial charge >= 0.3 is 11.9 Å². The zero-order valence-electron chi connectivity index (χ0n) is 47.9. The minimum Gasteiger partial charge on any atom is -0.454 e. The highest BCUT2D eigenvalue weighted by atomic mass is 16.8. The summed E-state index contributed by atoms with van der Waals surface area (Å²) in [5, 5.41) is 121. The van der Waals surface area contributed by atoms with Gasteiger partial charge in [-0.05, 0) is 46.5 Å². The molecule has 26 atom stereocenters. The van der Waals surface area contributed by atoms with Crippen molar-refractivity contribution in [3.8, 4) is 0 Å². The van der Waals surface area contributed by atoms with E-state index in [9.17, 15) is 65.8 Å². The molecule has 0 spiro atoms. The predicted molar refractivity (Wildman–Crippen MR) is 281 cm³/mol. The topological polar surface area (TPSA) is 367 Å². The molecular weight excluding hydrogens is 1070 g/mol. The fraction of sp³-hybridized carbons (Fsp3) is 0.964. The Hall–Kier alpha value is -1.90. The number of carbonyl (C=O) groups excluding carboxylic acids is 2. The summed E-state index contributed by atoms with van der Waals surface area (Å²) in [6, 6.07) is 0. The molecule has 6 aliphatic rings. The van der Waals surface area contributed by atoms with Crippen LogP contribution in [0.2, 0.25) is 0 Å². The average Bonchev–Trinajstić information content (AvgIpc) is 3.50. The summed E-state index contributed by atoms with van der Waals surface area (Å²) in [5.41, 5.74) is 0. The number of rotatable bonds is 21. The van der Waals surface area contributed by atoms with Crippen molar-refractivity contribution >= 4 is 11.9 Å². The molecule has 6 rings (SSSR count). The molecule has 6 saturated heterocycles. The van der Waals surface area contributed by atoms with Crippen LogP contribution in [-0.2, 0) is 66.4 Å². The van der Waals surface area contributed by atoms with Crippen LogP contribution in [0.3, 0.4) is 0 Å². The maximum absolute atomic E-state index is 14.1. The van der Waals surface area contributed by atoms with Gasteiger partial charge in [-0.15, -0.1) is 0 Å². The molecule has 0 aliphatic carbocycles. The van der Waals surface area contributed by atoms with Crippen LogP contribution in [0.15, 0.2) is 0 Å². The molecule has 25 heteroatoms. The molecule has 6 fully saturated rings.